The molecule has 0 saturated heterocycles. The van der Waals surface area contributed by atoms with E-state index < -0.39 is 16.0 Å². The van der Waals surface area contributed by atoms with Gasteiger partial charge in [-0.05, 0) is 38.0 Å². The van der Waals surface area contributed by atoms with Gasteiger partial charge in [-0.1, -0.05) is 24.6 Å². The van der Waals surface area contributed by atoms with E-state index in [0.717, 1.165) is 9.54 Å². The van der Waals surface area contributed by atoms with E-state index in [1.165, 1.54) is 12.4 Å². The molecule has 1 heterocycles. The summed E-state index contributed by atoms with van der Waals surface area (Å²) in [5.74, 6) is -0.503. The molecule has 118 valence electrons. The maximum atomic E-state index is 12.6. The van der Waals surface area contributed by atoms with Crippen LogP contribution >= 0.6 is 0 Å². The minimum absolute atomic E-state index is 0.186. The summed E-state index contributed by atoms with van der Waals surface area (Å²) >= 11 is 0. The van der Waals surface area contributed by atoms with E-state index in [1.54, 1.807) is 31.2 Å². The highest BCUT2D eigenvalue weighted by atomic mass is 32.2. The zero-order chi connectivity index (χ0) is 16.3. The van der Waals surface area contributed by atoms with Crippen molar-refractivity contribution in [2.75, 3.05) is 6.61 Å². The highest BCUT2D eigenvalue weighted by Crippen LogP contribution is 2.20. The molecular weight excluding hydrogens is 302 g/mol. The Labute approximate surface area is 130 Å². The number of hydrogen-bond acceptors (Lipinski definition) is 4. The van der Waals surface area contributed by atoms with E-state index in [0.29, 0.717) is 17.5 Å². The molecule has 0 aliphatic heterocycles. The first-order valence-electron chi connectivity index (χ1n) is 7.10. The fourth-order valence-electron chi connectivity index (χ4n) is 2.12. The first kappa shape index (κ1) is 16.3. The number of benzene rings is 1. The Kier molecular flexibility index (Phi) is 4.71. The molecule has 0 atom stereocenters. The van der Waals surface area contributed by atoms with Gasteiger partial charge in [-0.25, -0.2) is 17.2 Å². The predicted molar refractivity (Wildman–Crippen MR) is 83.5 cm³/mol. The minimum atomic E-state index is -3.71. The molecule has 0 bridgehead atoms. The van der Waals surface area contributed by atoms with Crippen LogP contribution in [-0.2, 0) is 21.2 Å². The molecule has 0 fully saturated rings. The highest BCUT2D eigenvalue weighted by Gasteiger charge is 2.22. The van der Waals surface area contributed by atoms with Crippen LogP contribution in [0.15, 0.2) is 41.6 Å². The van der Waals surface area contributed by atoms with Crippen LogP contribution in [0.1, 0.15) is 35.3 Å². The molecule has 0 aliphatic rings. The second kappa shape index (κ2) is 6.36. The summed E-state index contributed by atoms with van der Waals surface area (Å²) in [5.41, 5.74) is 1.92. The minimum Gasteiger partial charge on any atom is -0.462 e. The van der Waals surface area contributed by atoms with Gasteiger partial charge in [0, 0.05) is 12.4 Å². The molecular formula is C16H19NO4S. The normalized spacial score (nSPS) is 11.4. The molecule has 0 unspecified atom stereocenters. The molecule has 1 aromatic carbocycles. The number of esters is 1. The summed E-state index contributed by atoms with van der Waals surface area (Å²) in [6.45, 7) is 5.71. The SMILES string of the molecule is CCOC(=O)c1cn(S(=O)(=O)c2ccc(C)cc2)cc1CC. The van der Waals surface area contributed by atoms with Gasteiger partial charge in [0.25, 0.3) is 10.0 Å². The fraction of sp³-hybridized carbons (Fsp3) is 0.312. The topological polar surface area (TPSA) is 65.4 Å². The summed E-state index contributed by atoms with van der Waals surface area (Å²) in [6, 6.07) is 6.59. The Bertz CT molecular complexity index is 773. The second-order valence-corrected chi connectivity index (χ2v) is 6.76. The maximum Gasteiger partial charge on any atom is 0.339 e. The van der Waals surface area contributed by atoms with Crippen molar-refractivity contribution in [3.63, 3.8) is 0 Å². The van der Waals surface area contributed by atoms with Crippen LogP contribution in [0.2, 0.25) is 0 Å². The molecule has 22 heavy (non-hydrogen) atoms. The fourth-order valence-corrected chi connectivity index (χ4v) is 3.35. The average Bonchev–Trinajstić information content (AvgIpc) is 2.93. The quantitative estimate of drug-likeness (QED) is 0.794. The van der Waals surface area contributed by atoms with E-state index in [-0.39, 0.29) is 11.5 Å². The van der Waals surface area contributed by atoms with Crippen LogP contribution < -0.4 is 0 Å². The number of rotatable bonds is 5. The van der Waals surface area contributed by atoms with Gasteiger partial charge in [0.15, 0.2) is 0 Å². The van der Waals surface area contributed by atoms with Crippen molar-refractivity contribution in [3.05, 3.63) is 53.3 Å². The van der Waals surface area contributed by atoms with E-state index in [1.807, 2.05) is 13.8 Å². The van der Waals surface area contributed by atoms with E-state index >= 15 is 0 Å². The third kappa shape index (κ3) is 3.06. The van der Waals surface area contributed by atoms with Gasteiger partial charge in [0.2, 0.25) is 0 Å². The van der Waals surface area contributed by atoms with Crippen LogP contribution in [0, 0.1) is 6.92 Å². The van der Waals surface area contributed by atoms with Crippen molar-refractivity contribution >= 4 is 16.0 Å². The van der Waals surface area contributed by atoms with Crippen LogP contribution in [0.3, 0.4) is 0 Å². The van der Waals surface area contributed by atoms with Gasteiger partial charge < -0.3 is 4.74 Å². The number of hydrogen-bond donors (Lipinski definition) is 0. The average molecular weight is 321 g/mol. The zero-order valence-electron chi connectivity index (χ0n) is 12.9. The Morgan fingerprint density at radius 2 is 1.77 bits per heavy atom. The highest BCUT2D eigenvalue weighted by molar-refractivity contribution is 7.90. The Balaban J connectivity index is 2.48. The second-order valence-electron chi connectivity index (χ2n) is 4.92. The number of nitrogens with zero attached hydrogens (tertiary/aromatic N) is 1. The Morgan fingerprint density at radius 1 is 1.14 bits per heavy atom. The van der Waals surface area contributed by atoms with E-state index in [2.05, 4.69) is 0 Å². The van der Waals surface area contributed by atoms with E-state index in [9.17, 15) is 13.2 Å². The summed E-state index contributed by atoms with van der Waals surface area (Å²) in [5, 5.41) is 0. The molecule has 0 radical (unpaired) electrons. The van der Waals surface area contributed by atoms with Crippen LogP contribution in [-0.4, -0.2) is 25.0 Å². The van der Waals surface area contributed by atoms with Gasteiger partial charge in [0.05, 0.1) is 17.1 Å². The Morgan fingerprint density at radius 3 is 2.32 bits per heavy atom. The largest absolute Gasteiger partial charge is 0.462 e. The molecule has 0 N–H and O–H groups in total. The number of ether oxygens (including phenoxy) is 1. The first-order valence-corrected chi connectivity index (χ1v) is 8.54. The molecule has 0 aliphatic carbocycles. The smallest absolute Gasteiger partial charge is 0.339 e. The van der Waals surface area contributed by atoms with Crippen molar-refractivity contribution in [1.82, 2.24) is 3.97 Å². The van der Waals surface area contributed by atoms with Gasteiger partial charge in [-0.2, -0.15) is 0 Å². The van der Waals surface area contributed by atoms with Gasteiger partial charge >= 0.3 is 5.97 Å². The molecule has 0 saturated carbocycles. The zero-order valence-corrected chi connectivity index (χ0v) is 13.7. The number of carbonyl (C=O) groups excluding carboxylic acids is 1. The lowest BCUT2D eigenvalue weighted by molar-refractivity contribution is 0.0525. The number of aryl methyl sites for hydroxylation is 2. The van der Waals surface area contributed by atoms with Crippen LogP contribution in [0.5, 0.6) is 0 Å². The van der Waals surface area contributed by atoms with Crippen LogP contribution in [0.4, 0.5) is 0 Å². The molecule has 6 heteroatoms. The van der Waals surface area contributed by atoms with Crippen molar-refractivity contribution in [1.29, 1.82) is 0 Å². The monoisotopic (exact) mass is 321 g/mol. The number of aromatic nitrogens is 1. The first-order chi connectivity index (χ1) is 10.4. The summed E-state index contributed by atoms with van der Waals surface area (Å²) in [4.78, 5) is 12.1. The van der Waals surface area contributed by atoms with Crippen molar-refractivity contribution in [2.45, 2.75) is 32.1 Å². The molecule has 0 amide bonds. The predicted octanol–water partition coefficient (Wildman–Crippen LogP) is 2.77. The van der Waals surface area contributed by atoms with Gasteiger partial charge in [0.1, 0.15) is 0 Å². The summed E-state index contributed by atoms with van der Waals surface area (Å²) in [6.07, 6.45) is 3.35. The molecule has 1 aromatic heterocycles. The Hall–Kier alpha value is -2.08. The van der Waals surface area contributed by atoms with E-state index in [4.69, 9.17) is 4.74 Å². The van der Waals surface area contributed by atoms with Crippen molar-refractivity contribution in [2.24, 2.45) is 0 Å². The van der Waals surface area contributed by atoms with Gasteiger partial charge in [-0.3, -0.25) is 0 Å². The third-order valence-electron chi connectivity index (χ3n) is 3.36. The van der Waals surface area contributed by atoms with Crippen LogP contribution in [0.25, 0.3) is 0 Å². The van der Waals surface area contributed by atoms with Gasteiger partial charge in [-0.15, -0.1) is 0 Å². The standard InChI is InChI=1S/C16H19NO4S/c1-4-13-10-17(11-15(13)16(18)21-5-2)22(19,20)14-8-6-12(3)7-9-14/h6-11H,4-5H2,1-3H3. The summed E-state index contributed by atoms with van der Waals surface area (Å²) in [7, 11) is -3.71. The van der Waals surface area contributed by atoms with Crippen molar-refractivity contribution in [3.8, 4) is 0 Å². The molecule has 2 rings (SSSR count). The number of carbonyl (C=O) groups is 1. The van der Waals surface area contributed by atoms with Crippen molar-refractivity contribution < 1.29 is 17.9 Å². The summed E-state index contributed by atoms with van der Waals surface area (Å²) < 4.78 is 31.3. The maximum absolute atomic E-state index is 12.6. The lowest BCUT2D eigenvalue weighted by atomic mass is 10.1. The third-order valence-corrected chi connectivity index (χ3v) is 4.99. The lowest BCUT2D eigenvalue weighted by Gasteiger charge is -2.05. The lowest BCUT2D eigenvalue weighted by Crippen LogP contribution is -2.11. The molecule has 0 spiro atoms. The molecule has 5 nitrogen and oxygen atoms in total. The molecule has 2 aromatic rings.